The van der Waals surface area contributed by atoms with Crippen LogP contribution in [0.5, 0.6) is 17.2 Å². The molecule has 4 heteroatoms. The van der Waals surface area contributed by atoms with Crippen LogP contribution in [-0.4, -0.2) is 18.5 Å². The van der Waals surface area contributed by atoms with Crippen molar-refractivity contribution in [1.29, 1.82) is 0 Å². The van der Waals surface area contributed by atoms with E-state index in [9.17, 15) is 4.79 Å². The van der Waals surface area contributed by atoms with Crippen LogP contribution in [0.25, 0.3) is 0 Å². The Hall–Kier alpha value is -2.49. The average molecular weight is 298 g/mol. The average Bonchev–Trinajstić information content (AvgIpc) is 2.89. The second-order valence-electron chi connectivity index (χ2n) is 5.11. The normalized spacial score (nSPS) is 19.2. The number of rotatable bonds is 5. The Labute approximate surface area is 129 Å². The molecule has 0 saturated heterocycles. The van der Waals surface area contributed by atoms with E-state index in [1.165, 1.54) is 6.92 Å². The fourth-order valence-electron chi connectivity index (χ4n) is 2.57. The number of carbonyl (C=O) groups excluding carboxylic acids is 1. The van der Waals surface area contributed by atoms with E-state index in [-0.39, 0.29) is 5.78 Å². The van der Waals surface area contributed by atoms with Gasteiger partial charge in [-0.1, -0.05) is 30.3 Å². The van der Waals surface area contributed by atoms with Crippen molar-refractivity contribution >= 4 is 5.78 Å². The van der Waals surface area contributed by atoms with Gasteiger partial charge in [-0.25, -0.2) is 0 Å². The Bertz CT molecular complexity index is 680. The molecule has 0 bridgehead atoms. The first kappa shape index (κ1) is 14.4. The zero-order valence-electron chi connectivity index (χ0n) is 12.6. The van der Waals surface area contributed by atoms with Crippen molar-refractivity contribution in [2.75, 3.05) is 6.61 Å². The molecule has 2 aromatic rings. The Morgan fingerprint density at radius 1 is 1.09 bits per heavy atom. The molecule has 0 fully saturated rings. The van der Waals surface area contributed by atoms with E-state index in [1.54, 1.807) is 0 Å². The molecule has 1 heterocycles. The van der Waals surface area contributed by atoms with Gasteiger partial charge in [-0.3, -0.25) is 4.79 Å². The van der Waals surface area contributed by atoms with Gasteiger partial charge in [0.25, 0.3) is 0 Å². The van der Waals surface area contributed by atoms with Crippen LogP contribution in [0.2, 0.25) is 0 Å². The van der Waals surface area contributed by atoms with Crippen LogP contribution in [0.4, 0.5) is 0 Å². The van der Waals surface area contributed by atoms with Crippen LogP contribution in [-0.2, 0) is 4.79 Å². The standard InChI is InChI=1S/C18H18O4/c1-3-20-15-10-6-7-11-16(15)22-18-13-8-4-5-9-14(13)21-17(18)12(2)19/h4-11,17-18H,3H2,1-2H3/t17-,18-/m0/s1. The Balaban J connectivity index is 1.94. The quantitative estimate of drug-likeness (QED) is 0.846. The topological polar surface area (TPSA) is 44.8 Å². The number of ether oxygens (including phenoxy) is 3. The van der Waals surface area contributed by atoms with Gasteiger partial charge in [0, 0.05) is 5.56 Å². The van der Waals surface area contributed by atoms with E-state index in [2.05, 4.69) is 0 Å². The second kappa shape index (κ2) is 6.10. The van der Waals surface area contributed by atoms with Gasteiger partial charge in [0.05, 0.1) is 6.61 Å². The summed E-state index contributed by atoms with van der Waals surface area (Å²) in [6, 6.07) is 15.0. The van der Waals surface area contributed by atoms with Crippen molar-refractivity contribution in [1.82, 2.24) is 0 Å². The zero-order chi connectivity index (χ0) is 15.5. The van der Waals surface area contributed by atoms with Gasteiger partial charge in [0.1, 0.15) is 5.75 Å². The van der Waals surface area contributed by atoms with Crippen molar-refractivity contribution in [2.24, 2.45) is 0 Å². The molecule has 0 saturated carbocycles. The summed E-state index contributed by atoms with van der Waals surface area (Å²) in [5.41, 5.74) is 0.883. The summed E-state index contributed by atoms with van der Waals surface area (Å²) in [5, 5.41) is 0. The summed E-state index contributed by atoms with van der Waals surface area (Å²) in [5.74, 6) is 1.91. The van der Waals surface area contributed by atoms with Crippen molar-refractivity contribution in [2.45, 2.75) is 26.1 Å². The van der Waals surface area contributed by atoms with Gasteiger partial charge in [-0.05, 0) is 32.0 Å². The van der Waals surface area contributed by atoms with E-state index in [1.807, 2.05) is 55.5 Å². The third kappa shape index (κ3) is 2.64. The first-order valence-electron chi connectivity index (χ1n) is 7.35. The van der Waals surface area contributed by atoms with Gasteiger partial charge in [-0.15, -0.1) is 0 Å². The predicted molar refractivity (Wildman–Crippen MR) is 82.5 cm³/mol. The lowest BCUT2D eigenvalue weighted by Gasteiger charge is -2.20. The molecular weight excluding hydrogens is 280 g/mol. The third-order valence-electron chi connectivity index (χ3n) is 3.56. The lowest BCUT2D eigenvalue weighted by molar-refractivity contribution is -0.126. The maximum Gasteiger partial charge on any atom is 0.197 e. The molecule has 4 nitrogen and oxygen atoms in total. The fraction of sp³-hybridized carbons (Fsp3) is 0.278. The molecule has 2 aromatic carbocycles. The zero-order valence-corrected chi connectivity index (χ0v) is 12.6. The minimum absolute atomic E-state index is 0.0601. The predicted octanol–water partition coefficient (Wildman–Crippen LogP) is 3.56. The number of fused-ring (bicyclic) bond motifs is 1. The highest BCUT2D eigenvalue weighted by molar-refractivity contribution is 5.83. The first-order valence-corrected chi connectivity index (χ1v) is 7.35. The second-order valence-corrected chi connectivity index (χ2v) is 5.11. The Morgan fingerprint density at radius 3 is 2.50 bits per heavy atom. The lowest BCUT2D eigenvalue weighted by atomic mass is 10.0. The number of para-hydroxylation sites is 3. The minimum Gasteiger partial charge on any atom is -0.490 e. The van der Waals surface area contributed by atoms with Crippen molar-refractivity contribution < 1.29 is 19.0 Å². The van der Waals surface area contributed by atoms with E-state index in [0.29, 0.717) is 23.9 Å². The summed E-state index contributed by atoms with van der Waals surface area (Å²) < 4.78 is 17.4. The molecule has 0 spiro atoms. The molecule has 0 aromatic heterocycles. The number of hydrogen-bond acceptors (Lipinski definition) is 4. The smallest absolute Gasteiger partial charge is 0.197 e. The molecule has 1 aliphatic rings. The molecule has 3 rings (SSSR count). The molecule has 0 radical (unpaired) electrons. The van der Waals surface area contributed by atoms with Crippen LogP contribution < -0.4 is 14.2 Å². The summed E-state index contributed by atoms with van der Waals surface area (Å²) in [6.45, 7) is 3.98. The maximum absolute atomic E-state index is 11.9. The highest BCUT2D eigenvalue weighted by Crippen LogP contribution is 2.41. The monoisotopic (exact) mass is 298 g/mol. The Kier molecular flexibility index (Phi) is 4.00. The molecule has 2 atom stereocenters. The number of Topliss-reactive ketones (excluding diaryl/α,β-unsaturated/α-hetero) is 1. The molecule has 0 amide bonds. The molecule has 0 unspecified atom stereocenters. The van der Waals surface area contributed by atoms with E-state index >= 15 is 0 Å². The molecule has 1 aliphatic heterocycles. The molecular formula is C18H18O4. The van der Waals surface area contributed by atoms with Crippen LogP contribution in [0.1, 0.15) is 25.5 Å². The molecule has 22 heavy (non-hydrogen) atoms. The van der Waals surface area contributed by atoms with Gasteiger partial charge < -0.3 is 14.2 Å². The summed E-state index contributed by atoms with van der Waals surface area (Å²) in [6.07, 6.45) is -1.10. The molecule has 0 N–H and O–H groups in total. The highest BCUT2D eigenvalue weighted by Gasteiger charge is 2.39. The summed E-state index contributed by atoms with van der Waals surface area (Å²) >= 11 is 0. The SMILES string of the molecule is CCOc1ccccc1O[C@H]1c2ccccc2O[C@H]1C(C)=O. The fourth-order valence-corrected chi connectivity index (χ4v) is 2.57. The van der Waals surface area contributed by atoms with Crippen molar-refractivity contribution in [3.8, 4) is 17.2 Å². The third-order valence-corrected chi connectivity index (χ3v) is 3.56. The maximum atomic E-state index is 11.9. The van der Waals surface area contributed by atoms with Crippen molar-refractivity contribution in [3.05, 3.63) is 54.1 Å². The van der Waals surface area contributed by atoms with E-state index < -0.39 is 12.2 Å². The van der Waals surface area contributed by atoms with Crippen LogP contribution in [0, 0.1) is 0 Å². The number of hydrogen-bond donors (Lipinski definition) is 0. The Morgan fingerprint density at radius 2 is 1.77 bits per heavy atom. The van der Waals surface area contributed by atoms with Crippen LogP contribution >= 0.6 is 0 Å². The number of benzene rings is 2. The van der Waals surface area contributed by atoms with Crippen molar-refractivity contribution in [3.63, 3.8) is 0 Å². The summed E-state index contributed by atoms with van der Waals surface area (Å²) in [7, 11) is 0. The number of ketones is 1. The minimum atomic E-state index is -0.632. The lowest BCUT2D eigenvalue weighted by Crippen LogP contribution is -2.30. The molecule has 0 aliphatic carbocycles. The van der Waals surface area contributed by atoms with Gasteiger partial charge in [-0.2, -0.15) is 0 Å². The number of carbonyl (C=O) groups is 1. The van der Waals surface area contributed by atoms with Gasteiger partial charge >= 0.3 is 0 Å². The summed E-state index contributed by atoms with van der Waals surface area (Å²) in [4.78, 5) is 11.9. The van der Waals surface area contributed by atoms with Gasteiger partial charge in [0.2, 0.25) is 0 Å². The van der Waals surface area contributed by atoms with E-state index in [0.717, 1.165) is 5.56 Å². The van der Waals surface area contributed by atoms with Gasteiger partial charge in [0.15, 0.2) is 29.5 Å². The van der Waals surface area contributed by atoms with E-state index in [4.69, 9.17) is 14.2 Å². The van der Waals surface area contributed by atoms with Crippen LogP contribution in [0.3, 0.4) is 0 Å². The van der Waals surface area contributed by atoms with Crippen LogP contribution in [0.15, 0.2) is 48.5 Å². The first-order chi connectivity index (χ1) is 10.7. The highest BCUT2D eigenvalue weighted by atomic mass is 16.6. The largest absolute Gasteiger partial charge is 0.490 e. The molecule has 114 valence electrons.